The Morgan fingerprint density at radius 2 is 1.67 bits per heavy atom. The Kier molecular flexibility index (Phi) is 7.36. The van der Waals surface area contributed by atoms with Crippen molar-refractivity contribution in [1.82, 2.24) is 8.61 Å². The molecular weight excluding hydrogens is 426 g/mol. The summed E-state index contributed by atoms with van der Waals surface area (Å²) >= 11 is 5.95. The van der Waals surface area contributed by atoms with Crippen LogP contribution in [0.25, 0.3) is 0 Å². The van der Waals surface area contributed by atoms with Crippen LogP contribution >= 0.6 is 11.6 Å². The summed E-state index contributed by atoms with van der Waals surface area (Å²) in [6.07, 6.45) is 0. The second-order valence-corrected chi connectivity index (χ2v) is 9.42. The number of esters is 1. The van der Waals surface area contributed by atoms with Gasteiger partial charge in [0.15, 0.2) is 0 Å². The minimum Gasteiger partial charge on any atom is -0.468 e. The first-order valence-corrected chi connectivity index (χ1v) is 11.5. The standard InChI is InChI=1S/C21H26ClN3O4S/c1-17(21(26)29-2)25(16-18-6-4-3-5-7-18)30(27,28)24-14-12-23(13-15-24)20-10-8-19(22)9-11-20/h3-11,17H,12-16H2,1-2H3/t17-/m1/s1. The van der Waals surface area contributed by atoms with Gasteiger partial charge in [0.2, 0.25) is 0 Å². The molecule has 0 aliphatic carbocycles. The van der Waals surface area contributed by atoms with Crippen molar-refractivity contribution in [1.29, 1.82) is 0 Å². The summed E-state index contributed by atoms with van der Waals surface area (Å²) in [4.78, 5) is 14.3. The van der Waals surface area contributed by atoms with Gasteiger partial charge in [-0.15, -0.1) is 0 Å². The van der Waals surface area contributed by atoms with Crippen LogP contribution in [-0.4, -0.2) is 62.3 Å². The second kappa shape index (κ2) is 9.78. The highest BCUT2D eigenvalue weighted by molar-refractivity contribution is 7.86. The summed E-state index contributed by atoms with van der Waals surface area (Å²) in [7, 11) is -2.61. The van der Waals surface area contributed by atoms with Crippen LogP contribution in [0.1, 0.15) is 12.5 Å². The van der Waals surface area contributed by atoms with Gasteiger partial charge in [0.1, 0.15) is 6.04 Å². The Balaban J connectivity index is 1.77. The molecule has 0 spiro atoms. The van der Waals surface area contributed by atoms with Gasteiger partial charge in [-0.2, -0.15) is 17.0 Å². The van der Waals surface area contributed by atoms with E-state index >= 15 is 0 Å². The Bertz CT molecular complexity index is 946. The minimum atomic E-state index is -3.87. The van der Waals surface area contributed by atoms with Crippen LogP contribution in [0.3, 0.4) is 0 Å². The third-order valence-corrected chi connectivity index (χ3v) is 7.52. The van der Waals surface area contributed by atoms with Crippen molar-refractivity contribution in [3.63, 3.8) is 0 Å². The molecule has 2 aromatic carbocycles. The fourth-order valence-corrected chi connectivity index (χ4v) is 5.29. The van der Waals surface area contributed by atoms with Crippen LogP contribution in [-0.2, 0) is 26.3 Å². The van der Waals surface area contributed by atoms with Crippen molar-refractivity contribution in [2.45, 2.75) is 19.5 Å². The van der Waals surface area contributed by atoms with Crippen LogP contribution in [0.2, 0.25) is 5.02 Å². The topological polar surface area (TPSA) is 70.2 Å². The molecule has 0 aromatic heterocycles. The number of hydrogen-bond acceptors (Lipinski definition) is 5. The average molecular weight is 452 g/mol. The summed E-state index contributed by atoms with van der Waals surface area (Å²) in [5.74, 6) is -0.589. The number of carbonyl (C=O) groups is 1. The van der Waals surface area contributed by atoms with Crippen LogP contribution in [0.5, 0.6) is 0 Å². The summed E-state index contributed by atoms with van der Waals surface area (Å²) in [6.45, 7) is 3.39. The van der Waals surface area contributed by atoms with E-state index in [0.29, 0.717) is 31.2 Å². The number of ether oxygens (including phenoxy) is 1. The fourth-order valence-electron chi connectivity index (χ4n) is 3.45. The molecular formula is C21H26ClN3O4S. The van der Waals surface area contributed by atoms with E-state index < -0.39 is 22.2 Å². The predicted molar refractivity (Wildman–Crippen MR) is 118 cm³/mol. The Hall–Kier alpha value is -2.13. The third kappa shape index (κ3) is 5.13. The average Bonchev–Trinajstić information content (AvgIpc) is 2.77. The maximum absolute atomic E-state index is 13.4. The number of anilines is 1. The zero-order valence-electron chi connectivity index (χ0n) is 17.1. The number of methoxy groups -OCH3 is 1. The molecule has 1 saturated heterocycles. The highest BCUT2D eigenvalue weighted by Crippen LogP contribution is 2.23. The van der Waals surface area contributed by atoms with Crippen LogP contribution < -0.4 is 4.90 Å². The van der Waals surface area contributed by atoms with Crippen molar-refractivity contribution in [3.8, 4) is 0 Å². The number of benzene rings is 2. The van der Waals surface area contributed by atoms with Crippen molar-refractivity contribution in [3.05, 3.63) is 65.2 Å². The Morgan fingerprint density at radius 3 is 2.23 bits per heavy atom. The highest BCUT2D eigenvalue weighted by Gasteiger charge is 2.38. The molecule has 3 rings (SSSR count). The number of hydrogen-bond donors (Lipinski definition) is 0. The van der Waals surface area contributed by atoms with Gasteiger partial charge in [-0.25, -0.2) is 0 Å². The zero-order chi connectivity index (χ0) is 21.7. The van der Waals surface area contributed by atoms with Gasteiger partial charge in [-0.05, 0) is 36.8 Å². The maximum atomic E-state index is 13.4. The predicted octanol–water partition coefficient (Wildman–Crippen LogP) is 2.77. The van der Waals surface area contributed by atoms with E-state index in [-0.39, 0.29) is 6.54 Å². The molecule has 1 atom stereocenters. The van der Waals surface area contributed by atoms with Gasteiger partial charge < -0.3 is 9.64 Å². The van der Waals surface area contributed by atoms with E-state index in [2.05, 4.69) is 4.90 Å². The van der Waals surface area contributed by atoms with Gasteiger partial charge in [0.25, 0.3) is 10.2 Å². The molecule has 0 amide bonds. The molecule has 0 saturated carbocycles. The quantitative estimate of drug-likeness (QED) is 0.605. The number of nitrogens with zero attached hydrogens (tertiary/aromatic N) is 3. The largest absolute Gasteiger partial charge is 0.468 e. The molecule has 0 radical (unpaired) electrons. The lowest BCUT2D eigenvalue weighted by Gasteiger charge is -2.38. The molecule has 1 aliphatic heterocycles. The van der Waals surface area contributed by atoms with Gasteiger partial charge >= 0.3 is 5.97 Å². The lowest BCUT2D eigenvalue weighted by Crippen LogP contribution is -2.55. The van der Waals surface area contributed by atoms with Crippen molar-refractivity contribution in [2.24, 2.45) is 0 Å². The highest BCUT2D eigenvalue weighted by atomic mass is 35.5. The van der Waals surface area contributed by atoms with E-state index in [1.807, 2.05) is 54.6 Å². The molecule has 1 fully saturated rings. The van der Waals surface area contributed by atoms with Crippen LogP contribution in [0.15, 0.2) is 54.6 Å². The van der Waals surface area contributed by atoms with E-state index in [1.165, 1.54) is 15.7 Å². The van der Waals surface area contributed by atoms with E-state index in [1.54, 1.807) is 6.92 Å². The molecule has 30 heavy (non-hydrogen) atoms. The summed E-state index contributed by atoms with van der Waals surface area (Å²) in [5, 5.41) is 0.660. The lowest BCUT2D eigenvalue weighted by molar-refractivity contribution is -0.144. The van der Waals surface area contributed by atoms with Crippen molar-refractivity contribution in [2.75, 3.05) is 38.2 Å². The summed E-state index contributed by atoms with van der Waals surface area (Å²) in [6, 6.07) is 15.8. The molecule has 162 valence electrons. The van der Waals surface area contributed by atoms with Crippen molar-refractivity contribution >= 4 is 33.5 Å². The number of carbonyl (C=O) groups excluding carboxylic acids is 1. The molecule has 0 N–H and O–H groups in total. The van der Waals surface area contributed by atoms with E-state index in [9.17, 15) is 13.2 Å². The van der Waals surface area contributed by atoms with Crippen molar-refractivity contribution < 1.29 is 17.9 Å². The molecule has 0 bridgehead atoms. The monoisotopic (exact) mass is 451 g/mol. The van der Waals surface area contributed by atoms with Gasteiger partial charge in [-0.1, -0.05) is 41.9 Å². The molecule has 1 heterocycles. The molecule has 2 aromatic rings. The summed E-state index contributed by atoms with van der Waals surface area (Å²) in [5.41, 5.74) is 1.80. The minimum absolute atomic E-state index is 0.0941. The number of halogens is 1. The van der Waals surface area contributed by atoms with E-state index in [0.717, 1.165) is 11.3 Å². The van der Waals surface area contributed by atoms with Gasteiger partial charge in [0, 0.05) is 43.4 Å². The number of rotatable bonds is 7. The second-order valence-electron chi connectivity index (χ2n) is 7.10. The Morgan fingerprint density at radius 1 is 1.07 bits per heavy atom. The first-order chi connectivity index (χ1) is 14.3. The van der Waals surface area contributed by atoms with E-state index in [4.69, 9.17) is 16.3 Å². The first-order valence-electron chi connectivity index (χ1n) is 9.72. The maximum Gasteiger partial charge on any atom is 0.323 e. The van der Waals surface area contributed by atoms with Gasteiger partial charge in [-0.3, -0.25) is 4.79 Å². The molecule has 7 nitrogen and oxygen atoms in total. The smallest absolute Gasteiger partial charge is 0.323 e. The van der Waals surface area contributed by atoms with Gasteiger partial charge in [0.05, 0.1) is 7.11 Å². The lowest BCUT2D eigenvalue weighted by atomic mass is 10.2. The summed E-state index contributed by atoms with van der Waals surface area (Å²) < 4.78 is 34.4. The molecule has 1 aliphatic rings. The number of piperazine rings is 1. The molecule has 9 heteroatoms. The Labute approximate surface area is 183 Å². The first kappa shape index (κ1) is 22.6. The SMILES string of the molecule is COC(=O)[C@@H](C)N(Cc1ccccc1)S(=O)(=O)N1CCN(c2ccc(Cl)cc2)CC1. The third-order valence-electron chi connectivity index (χ3n) is 5.21. The fraction of sp³-hybridized carbons (Fsp3) is 0.381. The van der Waals surface area contributed by atoms with Crippen LogP contribution in [0.4, 0.5) is 5.69 Å². The zero-order valence-corrected chi connectivity index (χ0v) is 18.6. The van der Waals surface area contributed by atoms with Crippen LogP contribution in [0, 0.1) is 0 Å². The molecule has 0 unspecified atom stereocenters. The normalized spacial score (nSPS) is 16.5.